The number of hydrogen-bond donors (Lipinski definition) is 3. The lowest BCUT2D eigenvalue weighted by Gasteiger charge is -2.20. The zero-order valence-corrected chi connectivity index (χ0v) is 30.4. The molecule has 3 aromatic carbocycles. The molecule has 0 saturated carbocycles. The Morgan fingerprint density at radius 1 is 0.885 bits per heavy atom. The largest absolute Gasteiger partial charge is 0.461 e. The molecule has 276 valence electrons. The molecule has 0 bridgehead atoms. The quantitative estimate of drug-likeness (QED) is 0.195. The van der Waals surface area contributed by atoms with Crippen molar-refractivity contribution in [2.24, 2.45) is 7.05 Å². The Morgan fingerprint density at radius 2 is 1.50 bits per heavy atom. The van der Waals surface area contributed by atoms with Gasteiger partial charge in [-0.15, -0.1) is 0 Å². The molecule has 13 nitrogen and oxygen atoms in total. The molecule has 52 heavy (non-hydrogen) atoms. The highest BCUT2D eigenvalue weighted by molar-refractivity contribution is 7.92. The van der Waals surface area contributed by atoms with Crippen molar-refractivity contribution in [2.45, 2.75) is 70.5 Å². The summed E-state index contributed by atoms with van der Waals surface area (Å²) in [5, 5.41) is 5.09. The zero-order chi connectivity index (χ0) is 38.7. The number of carbonyl (C=O) groups is 3. The molecule has 0 aliphatic rings. The third kappa shape index (κ3) is 9.37. The maximum absolute atomic E-state index is 15.3. The number of carbonyl (C=O) groups excluding carboxylic acids is 3. The lowest BCUT2D eigenvalue weighted by molar-refractivity contribution is -0.149. The number of hydrogen-bond acceptors (Lipinski definition) is 8. The number of nitrogens with zero attached hydrogens (tertiary/aromatic N) is 2. The predicted molar refractivity (Wildman–Crippen MR) is 189 cm³/mol. The van der Waals surface area contributed by atoms with Crippen LogP contribution >= 0.6 is 0 Å². The second-order valence-corrected chi connectivity index (χ2v) is 15.0. The molecule has 2 amide bonds. The third-order valence-electron chi connectivity index (χ3n) is 7.60. The van der Waals surface area contributed by atoms with E-state index >= 15 is 8.78 Å². The minimum Gasteiger partial charge on any atom is -0.461 e. The number of aryl methyl sites for hydroxylation is 1. The first-order valence-corrected chi connectivity index (χ1v) is 17.5. The van der Waals surface area contributed by atoms with Crippen LogP contribution in [0.3, 0.4) is 0 Å². The Balaban J connectivity index is 1.53. The smallest absolute Gasteiger partial charge is 0.335 e. The van der Waals surface area contributed by atoms with Crippen LogP contribution in [0.5, 0.6) is 0 Å². The highest BCUT2D eigenvalue weighted by Crippen LogP contribution is 2.24. The van der Waals surface area contributed by atoms with E-state index < -0.39 is 79.6 Å². The molecule has 0 fully saturated rings. The molecule has 0 aliphatic carbocycles. The second-order valence-electron chi connectivity index (χ2n) is 13.3. The summed E-state index contributed by atoms with van der Waals surface area (Å²) in [5.41, 5.74) is -1.86. The molecule has 0 radical (unpaired) electrons. The van der Waals surface area contributed by atoms with Gasteiger partial charge in [-0.2, -0.15) is 0 Å². The lowest BCUT2D eigenvalue weighted by Crippen LogP contribution is -2.44. The summed E-state index contributed by atoms with van der Waals surface area (Å²) >= 11 is 0. The Hall–Kier alpha value is -5.64. The third-order valence-corrected chi connectivity index (χ3v) is 8.98. The summed E-state index contributed by atoms with van der Waals surface area (Å²) in [5.74, 6) is -5.08. The average molecular weight is 740 g/mol. The van der Waals surface area contributed by atoms with Crippen molar-refractivity contribution in [1.82, 2.24) is 19.8 Å². The highest BCUT2D eigenvalue weighted by atomic mass is 32.2. The zero-order valence-electron chi connectivity index (χ0n) is 29.5. The van der Waals surface area contributed by atoms with Crippen molar-refractivity contribution >= 4 is 33.5 Å². The van der Waals surface area contributed by atoms with Gasteiger partial charge in [0.2, 0.25) is 0 Å². The lowest BCUT2D eigenvalue weighted by atomic mass is 10.0. The Bertz CT molecular complexity index is 2240. The van der Waals surface area contributed by atoms with Crippen LogP contribution in [0.1, 0.15) is 66.6 Å². The molecule has 1 aromatic heterocycles. The van der Waals surface area contributed by atoms with Gasteiger partial charge in [0.15, 0.2) is 0 Å². The minimum absolute atomic E-state index is 0.170. The van der Waals surface area contributed by atoms with Crippen LogP contribution in [0.15, 0.2) is 81.2 Å². The van der Waals surface area contributed by atoms with E-state index in [-0.39, 0.29) is 22.6 Å². The van der Waals surface area contributed by atoms with Crippen LogP contribution in [0, 0.1) is 18.6 Å². The number of anilines is 1. The normalized spacial score (nSPS) is 12.3. The van der Waals surface area contributed by atoms with Crippen molar-refractivity contribution in [3.63, 3.8) is 0 Å². The number of halogens is 2. The second kappa shape index (κ2) is 15.3. The Morgan fingerprint density at radius 3 is 2.08 bits per heavy atom. The van der Waals surface area contributed by atoms with E-state index in [1.807, 2.05) is 4.72 Å². The number of rotatable bonds is 11. The maximum atomic E-state index is 15.3. The van der Waals surface area contributed by atoms with E-state index in [0.717, 1.165) is 16.7 Å². The van der Waals surface area contributed by atoms with E-state index in [1.54, 1.807) is 41.5 Å². The standard InChI is InChI=1S/C36H39F2N5O8S/c1-20(2)51-34(47)30(17-22-8-12-24(13-9-22)43-31(44)16-21(3)42(7)35(43)48)39-33(46)26-18-28(38)29(19-27(26)37)41-52(49,50)25-14-10-23(11-15-25)32(45)40-36(4,5)6/h8-16,18-20,30,41H,17H2,1-7H3,(H,39,46)(H,40,45)/t30-/m0/s1. The Labute approximate surface area is 298 Å². The predicted octanol–water partition coefficient (Wildman–Crippen LogP) is 3.74. The molecule has 1 heterocycles. The van der Waals surface area contributed by atoms with Gasteiger partial charge in [0.05, 0.1) is 27.9 Å². The first-order valence-electron chi connectivity index (χ1n) is 16.0. The molecule has 16 heteroatoms. The van der Waals surface area contributed by atoms with E-state index in [2.05, 4.69) is 10.6 Å². The van der Waals surface area contributed by atoms with E-state index in [1.165, 1.54) is 54.1 Å². The van der Waals surface area contributed by atoms with Gasteiger partial charge in [0.1, 0.15) is 17.7 Å². The number of amides is 2. The summed E-state index contributed by atoms with van der Waals surface area (Å²) in [6.45, 7) is 10.1. The van der Waals surface area contributed by atoms with E-state index in [4.69, 9.17) is 4.74 Å². The molecule has 0 spiro atoms. The van der Waals surface area contributed by atoms with Gasteiger partial charge in [-0.3, -0.25) is 19.1 Å². The summed E-state index contributed by atoms with van der Waals surface area (Å²) in [6, 6.07) is 11.7. The van der Waals surface area contributed by atoms with Crippen LogP contribution in [-0.2, 0) is 33.0 Å². The van der Waals surface area contributed by atoms with E-state index in [0.29, 0.717) is 23.4 Å². The Kier molecular flexibility index (Phi) is 11.5. The number of aromatic nitrogens is 2. The number of ether oxygens (including phenoxy) is 1. The molecule has 4 rings (SSSR count). The van der Waals surface area contributed by atoms with Gasteiger partial charge in [0.25, 0.3) is 27.4 Å². The number of nitrogens with one attached hydrogen (secondary N) is 3. The fourth-order valence-electron chi connectivity index (χ4n) is 4.93. The summed E-state index contributed by atoms with van der Waals surface area (Å²) in [4.78, 5) is 63.5. The van der Waals surface area contributed by atoms with E-state index in [9.17, 15) is 32.4 Å². The molecular formula is C36H39F2N5O8S. The van der Waals surface area contributed by atoms with Gasteiger partial charge >= 0.3 is 11.7 Å². The average Bonchev–Trinajstić information content (AvgIpc) is 3.04. The van der Waals surface area contributed by atoms with Crippen LogP contribution in [0.4, 0.5) is 14.5 Å². The van der Waals surface area contributed by atoms with Gasteiger partial charge in [-0.25, -0.2) is 31.4 Å². The monoisotopic (exact) mass is 739 g/mol. The SMILES string of the molecule is Cc1cc(=O)n(-c2ccc(C[C@H](NC(=O)c3cc(F)c(NS(=O)(=O)c4ccc(C(=O)NC(C)(C)C)cc4)cc3F)C(=O)OC(C)C)cc2)c(=O)n1C. The van der Waals surface area contributed by atoms with Crippen LogP contribution in [0.2, 0.25) is 0 Å². The molecule has 0 saturated heterocycles. The molecule has 3 N–H and O–H groups in total. The van der Waals surface area contributed by atoms with Gasteiger partial charge in [-0.1, -0.05) is 12.1 Å². The van der Waals surface area contributed by atoms with Crippen molar-refractivity contribution in [3.8, 4) is 5.69 Å². The first kappa shape index (κ1) is 39.2. The summed E-state index contributed by atoms with van der Waals surface area (Å²) in [7, 11) is -2.94. The number of benzene rings is 3. The summed E-state index contributed by atoms with van der Waals surface area (Å²) < 4.78 is 65.9. The summed E-state index contributed by atoms with van der Waals surface area (Å²) in [6.07, 6.45) is -0.756. The van der Waals surface area contributed by atoms with Gasteiger partial charge in [-0.05, 0) is 89.6 Å². The maximum Gasteiger partial charge on any atom is 0.335 e. The molecular weight excluding hydrogens is 700 g/mol. The molecule has 1 atom stereocenters. The van der Waals surface area contributed by atoms with Gasteiger partial charge in [0, 0.05) is 42.4 Å². The van der Waals surface area contributed by atoms with Crippen LogP contribution in [-0.4, -0.2) is 53.0 Å². The first-order chi connectivity index (χ1) is 24.2. The fourth-order valence-corrected chi connectivity index (χ4v) is 5.99. The van der Waals surface area contributed by atoms with Crippen molar-refractivity contribution < 1.29 is 36.3 Å². The van der Waals surface area contributed by atoms with Crippen molar-refractivity contribution in [2.75, 3.05) is 4.72 Å². The van der Waals surface area contributed by atoms with Crippen molar-refractivity contribution in [1.29, 1.82) is 0 Å². The number of esters is 1. The molecule has 0 aliphatic heterocycles. The van der Waals surface area contributed by atoms with Crippen LogP contribution in [0.25, 0.3) is 5.69 Å². The van der Waals surface area contributed by atoms with Gasteiger partial charge < -0.3 is 19.9 Å². The van der Waals surface area contributed by atoms with Crippen LogP contribution < -0.4 is 26.6 Å². The topological polar surface area (TPSA) is 175 Å². The molecule has 0 unspecified atom stereocenters. The van der Waals surface area contributed by atoms with Crippen molar-refractivity contribution in [3.05, 3.63) is 122 Å². The minimum atomic E-state index is -4.46. The molecule has 4 aromatic rings. The fraction of sp³-hybridized carbons (Fsp3) is 0.306. The number of sulfonamides is 1. The highest BCUT2D eigenvalue weighted by Gasteiger charge is 2.27.